The SMILES string of the molecule is CC(C)(C)OC(=O)N1CCCCCC1.O=CO. The summed E-state index contributed by atoms with van der Waals surface area (Å²) in [4.78, 5) is 21.9. The molecule has 5 heteroatoms. The lowest BCUT2D eigenvalue weighted by Gasteiger charge is -2.26. The van der Waals surface area contributed by atoms with Crippen LogP contribution in [-0.4, -0.2) is 41.3 Å². The van der Waals surface area contributed by atoms with Crippen molar-refractivity contribution in [1.29, 1.82) is 0 Å². The minimum atomic E-state index is -0.372. The van der Waals surface area contributed by atoms with Crippen molar-refractivity contribution < 1.29 is 19.4 Å². The molecule has 0 unspecified atom stereocenters. The Hall–Kier alpha value is -1.26. The van der Waals surface area contributed by atoms with Crippen LogP contribution in [0.25, 0.3) is 0 Å². The van der Waals surface area contributed by atoms with Crippen molar-refractivity contribution in [3.63, 3.8) is 0 Å². The second-order valence-corrected chi connectivity index (χ2v) is 4.99. The summed E-state index contributed by atoms with van der Waals surface area (Å²) in [6, 6.07) is 0. The number of amides is 1. The molecule has 0 atom stereocenters. The van der Waals surface area contributed by atoms with E-state index in [2.05, 4.69) is 0 Å². The zero-order chi connectivity index (χ0) is 13.3. The van der Waals surface area contributed by atoms with E-state index in [1.807, 2.05) is 25.7 Å². The summed E-state index contributed by atoms with van der Waals surface area (Å²) >= 11 is 0. The molecule has 0 saturated carbocycles. The van der Waals surface area contributed by atoms with Crippen LogP contribution in [0.15, 0.2) is 0 Å². The first kappa shape index (κ1) is 15.7. The first-order chi connectivity index (χ1) is 7.90. The highest BCUT2D eigenvalue weighted by molar-refractivity contribution is 5.68. The van der Waals surface area contributed by atoms with Crippen LogP contribution in [0.2, 0.25) is 0 Å². The summed E-state index contributed by atoms with van der Waals surface area (Å²) in [5, 5.41) is 6.89. The molecule has 1 aliphatic heterocycles. The monoisotopic (exact) mass is 245 g/mol. The van der Waals surface area contributed by atoms with Gasteiger partial charge in [-0.25, -0.2) is 4.79 Å². The van der Waals surface area contributed by atoms with Gasteiger partial charge in [-0.1, -0.05) is 12.8 Å². The second kappa shape index (κ2) is 7.92. The van der Waals surface area contributed by atoms with Gasteiger partial charge in [-0.15, -0.1) is 0 Å². The number of hydrogen-bond donors (Lipinski definition) is 1. The van der Waals surface area contributed by atoms with E-state index >= 15 is 0 Å². The number of hydrogen-bond acceptors (Lipinski definition) is 3. The smallest absolute Gasteiger partial charge is 0.410 e. The molecule has 5 nitrogen and oxygen atoms in total. The zero-order valence-corrected chi connectivity index (χ0v) is 10.9. The van der Waals surface area contributed by atoms with E-state index in [1.165, 1.54) is 12.8 Å². The molecule has 0 aromatic carbocycles. The summed E-state index contributed by atoms with van der Waals surface area (Å²) in [6.45, 7) is 7.18. The molecule has 1 fully saturated rings. The lowest BCUT2D eigenvalue weighted by Crippen LogP contribution is -2.37. The topological polar surface area (TPSA) is 66.8 Å². The van der Waals surface area contributed by atoms with Crippen LogP contribution in [0.5, 0.6) is 0 Å². The molecular weight excluding hydrogens is 222 g/mol. The maximum absolute atomic E-state index is 11.7. The van der Waals surface area contributed by atoms with E-state index in [9.17, 15) is 4.79 Å². The molecule has 17 heavy (non-hydrogen) atoms. The highest BCUT2D eigenvalue weighted by atomic mass is 16.6. The molecule has 0 spiro atoms. The molecule has 0 bridgehead atoms. The van der Waals surface area contributed by atoms with Gasteiger partial charge in [0, 0.05) is 13.1 Å². The molecule has 1 amide bonds. The van der Waals surface area contributed by atoms with Crippen molar-refractivity contribution in [3.05, 3.63) is 0 Å². The number of carbonyl (C=O) groups excluding carboxylic acids is 1. The zero-order valence-electron chi connectivity index (χ0n) is 10.9. The van der Waals surface area contributed by atoms with Gasteiger partial charge in [0.2, 0.25) is 0 Å². The van der Waals surface area contributed by atoms with Gasteiger partial charge in [-0.3, -0.25) is 4.79 Å². The van der Waals surface area contributed by atoms with Gasteiger partial charge in [0.25, 0.3) is 6.47 Å². The number of likely N-dealkylation sites (tertiary alicyclic amines) is 1. The Bertz CT molecular complexity index is 227. The minimum Gasteiger partial charge on any atom is -0.483 e. The molecule has 1 heterocycles. The Kier molecular flexibility index (Phi) is 7.34. The van der Waals surface area contributed by atoms with Gasteiger partial charge in [0.05, 0.1) is 0 Å². The largest absolute Gasteiger partial charge is 0.483 e. The molecular formula is C12H23NO4. The summed E-state index contributed by atoms with van der Waals surface area (Å²) in [7, 11) is 0. The number of rotatable bonds is 0. The average molecular weight is 245 g/mol. The van der Waals surface area contributed by atoms with Crippen LogP contribution in [0, 0.1) is 0 Å². The summed E-state index contributed by atoms with van der Waals surface area (Å²) in [6.07, 6.45) is 4.54. The molecule has 1 N–H and O–H groups in total. The number of nitrogens with zero attached hydrogens (tertiary/aromatic N) is 1. The maximum atomic E-state index is 11.7. The van der Waals surface area contributed by atoms with E-state index in [4.69, 9.17) is 14.6 Å². The maximum Gasteiger partial charge on any atom is 0.410 e. The second-order valence-electron chi connectivity index (χ2n) is 4.99. The molecule has 100 valence electrons. The first-order valence-electron chi connectivity index (χ1n) is 5.96. The molecule has 1 aliphatic rings. The predicted molar refractivity (Wildman–Crippen MR) is 65.0 cm³/mol. The Morgan fingerprint density at radius 3 is 1.94 bits per heavy atom. The molecule has 0 aliphatic carbocycles. The van der Waals surface area contributed by atoms with E-state index in [0.717, 1.165) is 25.9 Å². The van der Waals surface area contributed by atoms with Crippen molar-refractivity contribution in [2.45, 2.75) is 52.1 Å². The van der Waals surface area contributed by atoms with Gasteiger partial charge < -0.3 is 14.7 Å². The van der Waals surface area contributed by atoms with Crippen LogP contribution in [-0.2, 0) is 9.53 Å². The summed E-state index contributed by atoms with van der Waals surface area (Å²) in [5.74, 6) is 0. The molecule has 0 aromatic heterocycles. The predicted octanol–water partition coefficient (Wildman–Crippen LogP) is 2.50. The summed E-state index contributed by atoms with van der Waals surface area (Å²) in [5.41, 5.74) is -0.372. The molecule has 1 saturated heterocycles. The fraction of sp³-hybridized carbons (Fsp3) is 0.833. The van der Waals surface area contributed by atoms with Gasteiger partial charge in [-0.2, -0.15) is 0 Å². The van der Waals surface area contributed by atoms with E-state index in [0.29, 0.717) is 0 Å². The lowest BCUT2D eigenvalue weighted by molar-refractivity contribution is -0.122. The number of carboxylic acid groups (broad SMARTS) is 1. The minimum absolute atomic E-state index is 0.153. The van der Waals surface area contributed by atoms with Crippen molar-refractivity contribution in [1.82, 2.24) is 4.90 Å². The summed E-state index contributed by atoms with van der Waals surface area (Å²) < 4.78 is 5.32. The van der Waals surface area contributed by atoms with Crippen LogP contribution in [0.4, 0.5) is 4.79 Å². The van der Waals surface area contributed by atoms with Crippen molar-refractivity contribution in [3.8, 4) is 0 Å². The normalized spacial score (nSPS) is 16.3. The highest BCUT2D eigenvalue weighted by Crippen LogP contribution is 2.14. The van der Waals surface area contributed by atoms with Crippen LogP contribution >= 0.6 is 0 Å². The van der Waals surface area contributed by atoms with Crippen molar-refractivity contribution in [2.24, 2.45) is 0 Å². The Morgan fingerprint density at radius 1 is 1.18 bits per heavy atom. The van der Waals surface area contributed by atoms with Gasteiger partial charge in [-0.05, 0) is 33.6 Å². The van der Waals surface area contributed by atoms with Gasteiger partial charge in [0.15, 0.2) is 0 Å². The average Bonchev–Trinajstić information content (AvgIpc) is 2.43. The quantitative estimate of drug-likeness (QED) is 0.666. The van der Waals surface area contributed by atoms with Crippen molar-refractivity contribution >= 4 is 12.6 Å². The molecule has 0 aromatic rings. The lowest BCUT2D eigenvalue weighted by atomic mass is 10.2. The third-order valence-corrected chi connectivity index (χ3v) is 2.26. The Morgan fingerprint density at radius 2 is 1.59 bits per heavy atom. The Balaban J connectivity index is 0.000000770. The van der Waals surface area contributed by atoms with E-state index in [-0.39, 0.29) is 18.2 Å². The van der Waals surface area contributed by atoms with E-state index < -0.39 is 0 Å². The van der Waals surface area contributed by atoms with Gasteiger partial charge >= 0.3 is 6.09 Å². The molecule has 0 radical (unpaired) electrons. The number of carbonyl (C=O) groups is 2. The van der Waals surface area contributed by atoms with Gasteiger partial charge in [0.1, 0.15) is 5.60 Å². The standard InChI is InChI=1S/C11H21NO2.CH2O2/c1-11(2,3)14-10(13)12-8-6-4-5-7-9-12;2-1-3/h4-9H2,1-3H3;1H,(H,2,3). The van der Waals surface area contributed by atoms with Crippen LogP contribution in [0.3, 0.4) is 0 Å². The first-order valence-corrected chi connectivity index (χ1v) is 5.96. The Labute approximate surface area is 103 Å². The van der Waals surface area contributed by atoms with Crippen LogP contribution < -0.4 is 0 Å². The highest BCUT2D eigenvalue weighted by Gasteiger charge is 2.22. The van der Waals surface area contributed by atoms with E-state index in [1.54, 1.807) is 0 Å². The fourth-order valence-electron chi connectivity index (χ4n) is 1.58. The third kappa shape index (κ3) is 8.54. The fourth-order valence-corrected chi connectivity index (χ4v) is 1.58. The molecule has 1 rings (SSSR count). The van der Waals surface area contributed by atoms with Crippen LogP contribution in [0.1, 0.15) is 46.5 Å². The third-order valence-electron chi connectivity index (χ3n) is 2.26. The number of ether oxygens (including phenoxy) is 1. The van der Waals surface area contributed by atoms with Crippen molar-refractivity contribution in [2.75, 3.05) is 13.1 Å².